The van der Waals surface area contributed by atoms with E-state index in [1.54, 1.807) is 24.7 Å². The zero-order valence-electron chi connectivity index (χ0n) is 15.2. The van der Waals surface area contributed by atoms with Gasteiger partial charge in [-0.1, -0.05) is 12.8 Å². The topological polar surface area (TPSA) is 123 Å². The number of primary amides is 1. The average Bonchev–Trinajstić information content (AvgIpc) is 3.13. The molecule has 0 spiro atoms. The summed E-state index contributed by atoms with van der Waals surface area (Å²) in [5, 5.41) is 6.15. The maximum Gasteiger partial charge on any atom is 0.252 e. The lowest BCUT2D eigenvalue weighted by atomic mass is 9.91. The van der Waals surface area contributed by atoms with Crippen LogP contribution in [0.3, 0.4) is 0 Å². The molecule has 1 amide bonds. The summed E-state index contributed by atoms with van der Waals surface area (Å²) in [6, 6.07) is 4.58. The van der Waals surface area contributed by atoms with Gasteiger partial charge < -0.3 is 26.5 Å². The molecule has 1 saturated carbocycles. The normalized spacial score (nSPS) is 19.5. The van der Waals surface area contributed by atoms with Gasteiger partial charge in [0.05, 0.1) is 11.3 Å². The zero-order chi connectivity index (χ0) is 19.7. The Bertz CT molecular complexity index is 1020. The number of anilines is 3. The highest BCUT2D eigenvalue weighted by atomic mass is 19.1. The van der Waals surface area contributed by atoms with Crippen molar-refractivity contribution >= 4 is 28.9 Å². The smallest absolute Gasteiger partial charge is 0.252 e. The van der Waals surface area contributed by atoms with Crippen LogP contribution < -0.4 is 22.1 Å². The molecule has 6 N–H and O–H groups in total. The van der Waals surface area contributed by atoms with E-state index in [2.05, 4.69) is 20.6 Å². The molecule has 1 aliphatic rings. The van der Waals surface area contributed by atoms with Gasteiger partial charge in [0.1, 0.15) is 11.5 Å². The minimum Gasteiger partial charge on any atom is -0.365 e. The van der Waals surface area contributed by atoms with Gasteiger partial charge in [-0.15, -0.1) is 0 Å². The molecule has 8 nitrogen and oxygen atoms in total. The van der Waals surface area contributed by atoms with E-state index in [0.717, 1.165) is 37.4 Å². The Labute approximate surface area is 161 Å². The van der Waals surface area contributed by atoms with Gasteiger partial charge in [0.15, 0.2) is 11.6 Å². The first kappa shape index (κ1) is 18.2. The van der Waals surface area contributed by atoms with Gasteiger partial charge in [-0.3, -0.25) is 4.79 Å². The standard InChI is InChI=1S/C19H22FN7O/c20-13-9-12(17(22)28)18(24-11-5-6-16-23-7-8-27(16)10-11)26-19(13)25-15-4-2-1-3-14(15)21/h5-10,14-15H,1-4,21H2,(H2,22,28)(H2,24,25,26)/t14?,15-/m1/s1. The van der Waals surface area contributed by atoms with Crippen LogP contribution in [0.15, 0.2) is 36.8 Å². The van der Waals surface area contributed by atoms with E-state index in [9.17, 15) is 9.18 Å². The number of nitrogens with zero attached hydrogens (tertiary/aromatic N) is 3. The number of fused-ring (bicyclic) bond motifs is 1. The molecule has 4 rings (SSSR count). The van der Waals surface area contributed by atoms with Crippen molar-refractivity contribution in [2.45, 2.75) is 37.8 Å². The third kappa shape index (κ3) is 3.61. The van der Waals surface area contributed by atoms with E-state index in [1.807, 2.05) is 10.5 Å². The molecule has 0 bridgehead atoms. The van der Waals surface area contributed by atoms with E-state index in [0.29, 0.717) is 5.69 Å². The van der Waals surface area contributed by atoms with Gasteiger partial charge in [0.25, 0.3) is 5.91 Å². The zero-order valence-corrected chi connectivity index (χ0v) is 15.2. The maximum atomic E-state index is 14.6. The summed E-state index contributed by atoms with van der Waals surface area (Å²) in [6.45, 7) is 0. The second kappa shape index (κ2) is 7.43. The molecule has 0 aliphatic heterocycles. The van der Waals surface area contributed by atoms with E-state index >= 15 is 0 Å². The number of rotatable bonds is 5. The van der Waals surface area contributed by atoms with Gasteiger partial charge in [-0.05, 0) is 31.0 Å². The van der Waals surface area contributed by atoms with Crippen LogP contribution in [0.25, 0.3) is 5.65 Å². The molecule has 2 atom stereocenters. The molecule has 1 aliphatic carbocycles. The lowest BCUT2D eigenvalue weighted by Crippen LogP contribution is -2.43. The molecule has 3 aromatic heterocycles. The largest absolute Gasteiger partial charge is 0.365 e. The number of hydrogen-bond donors (Lipinski definition) is 4. The van der Waals surface area contributed by atoms with Crippen LogP contribution in [-0.4, -0.2) is 32.4 Å². The number of pyridine rings is 2. The van der Waals surface area contributed by atoms with Crippen LogP contribution in [0.4, 0.5) is 21.7 Å². The molecule has 9 heteroatoms. The molecule has 1 fully saturated rings. The predicted octanol–water partition coefficient (Wildman–Crippen LogP) is 2.39. The Morgan fingerprint density at radius 2 is 2.07 bits per heavy atom. The second-order valence-corrected chi connectivity index (χ2v) is 7.01. The van der Waals surface area contributed by atoms with Crippen LogP contribution in [0, 0.1) is 5.82 Å². The van der Waals surface area contributed by atoms with Crippen LogP contribution in [0.2, 0.25) is 0 Å². The van der Waals surface area contributed by atoms with Crippen molar-refractivity contribution in [2.75, 3.05) is 10.6 Å². The lowest BCUT2D eigenvalue weighted by Gasteiger charge is -2.30. The Morgan fingerprint density at radius 3 is 2.86 bits per heavy atom. The third-order valence-corrected chi connectivity index (χ3v) is 5.03. The maximum absolute atomic E-state index is 14.6. The molecule has 28 heavy (non-hydrogen) atoms. The van der Waals surface area contributed by atoms with E-state index in [-0.39, 0.29) is 29.3 Å². The summed E-state index contributed by atoms with van der Waals surface area (Å²) in [6.07, 6.45) is 9.10. The molecule has 0 radical (unpaired) electrons. The Hall–Kier alpha value is -3.20. The molecule has 146 valence electrons. The second-order valence-electron chi connectivity index (χ2n) is 7.01. The molecule has 3 aromatic rings. The van der Waals surface area contributed by atoms with Crippen LogP contribution >= 0.6 is 0 Å². The van der Waals surface area contributed by atoms with Crippen LogP contribution in [-0.2, 0) is 0 Å². The molecule has 1 unspecified atom stereocenters. The highest BCUT2D eigenvalue weighted by Gasteiger charge is 2.24. The number of nitrogens with one attached hydrogen (secondary N) is 2. The summed E-state index contributed by atoms with van der Waals surface area (Å²) in [5.41, 5.74) is 13.0. The first-order valence-corrected chi connectivity index (χ1v) is 9.23. The summed E-state index contributed by atoms with van der Waals surface area (Å²) in [4.78, 5) is 20.3. The van der Waals surface area contributed by atoms with Crippen molar-refractivity contribution in [1.82, 2.24) is 14.4 Å². The third-order valence-electron chi connectivity index (χ3n) is 5.03. The number of aromatic nitrogens is 3. The fourth-order valence-electron chi connectivity index (χ4n) is 3.52. The van der Waals surface area contributed by atoms with Gasteiger partial charge in [-0.2, -0.15) is 0 Å². The molecule has 3 heterocycles. The number of hydrogen-bond acceptors (Lipinski definition) is 6. The van der Waals surface area contributed by atoms with Gasteiger partial charge in [0.2, 0.25) is 0 Å². The van der Waals surface area contributed by atoms with Crippen molar-refractivity contribution < 1.29 is 9.18 Å². The minimum absolute atomic E-state index is 0.0262. The Kier molecular flexibility index (Phi) is 4.82. The quantitative estimate of drug-likeness (QED) is 0.536. The van der Waals surface area contributed by atoms with Crippen LogP contribution in [0.5, 0.6) is 0 Å². The highest BCUT2D eigenvalue weighted by molar-refractivity contribution is 5.98. The van der Waals surface area contributed by atoms with Gasteiger partial charge >= 0.3 is 0 Å². The first-order valence-electron chi connectivity index (χ1n) is 9.23. The number of carbonyl (C=O) groups is 1. The fourth-order valence-corrected chi connectivity index (χ4v) is 3.52. The van der Waals surface area contributed by atoms with Crippen molar-refractivity contribution in [3.05, 3.63) is 48.2 Å². The van der Waals surface area contributed by atoms with Crippen molar-refractivity contribution in [3.63, 3.8) is 0 Å². The highest BCUT2D eigenvalue weighted by Crippen LogP contribution is 2.26. The first-order chi connectivity index (χ1) is 13.5. The van der Waals surface area contributed by atoms with E-state index < -0.39 is 11.7 Å². The monoisotopic (exact) mass is 383 g/mol. The lowest BCUT2D eigenvalue weighted by molar-refractivity contribution is 0.100. The average molecular weight is 383 g/mol. The van der Waals surface area contributed by atoms with E-state index in [1.165, 1.54) is 0 Å². The molecule has 0 aromatic carbocycles. The Balaban J connectivity index is 1.66. The van der Waals surface area contributed by atoms with Gasteiger partial charge in [-0.25, -0.2) is 14.4 Å². The van der Waals surface area contributed by atoms with Gasteiger partial charge in [0, 0.05) is 30.7 Å². The summed E-state index contributed by atoms with van der Waals surface area (Å²) in [7, 11) is 0. The van der Waals surface area contributed by atoms with Crippen LogP contribution in [0.1, 0.15) is 36.0 Å². The van der Waals surface area contributed by atoms with Crippen molar-refractivity contribution in [3.8, 4) is 0 Å². The summed E-state index contributed by atoms with van der Waals surface area (Å²) >= 11 is 0. The summed E-state index contributed by atoms with van der Waals surface area (Å²) in [5.74, 6) is -1.17. The molecule has 0 saturated heterocycles. The van der Waals surface area contributed by atoms with Crippen molar-refractivity contribution in [1.29, 1.82) is 0 Å². The van der Waals surface area contributed by atoms with E-state index in [4.69, 9.17) is 11.5 Å². The summed E-state index contributed by atoms with van der Waals surface area (Å²) < 4.78 is 16.4. The fraction of sp³-hybridized carbons (Fsp3) is 0.316. The molecular weight excluding hydrogens is 361 g/mol. The van der Waals surface area contributed by atoms with Crippen molar-refractivity contribution in [2.24, 2.45) is 11.5 Å². The number of imidazole rings is 1. The number of amides is 1. The number of halogens is 1. The minimum atomic E-state index is -0.765. The number of nitrogens with two attached hydrogens (primary N) is 2. The Morgan fingerprint density at radius 1 is 1.25 bits per heavy atom. The molecular formula is C19H22FN7O. The number of carbonyl (C=O) groups excluding carboxylic acids is 1. The SMILES string of the molecule is NC(=O)c1cc(F)c(N[C@@H]2CCCCC2N)nc1Nc1ccc2nccn2c1. The predicted molar refractivity (Wildman–Crippen MR) is 105 cm³/mol.